The Morgan fingerprint density at radius 3 is 2.40 bits per heavy atom. The minimum Gasteiger partial charge on any atom is -0.352 e. The Hall–Kier alpha value is -2.71. The van der Waals surface area contributed by atoms with Gasteiger partial charge in [0.25, 0.3) is 5.91 Å². The van der Waals surface area contributed by atoms with Crippen LogP contribution in [0, 0.1) is 6.92 Å². The van der Waals surface area contributed by atoms with E-state index in [1.807, 2.05) is 6.07 Å². The average Bonchev–Trinajstić information content (AvgIpc) is 2.76. The molecule has 1 aliphatic heterocycles. The Kier molecular flexibility index (Phi) is 7.23. The zero-order valence-electron chi connectivity index (χ0n) is 17.1. The number of benzene rings is 2. The number of carbonyl (C=O) groups excluding carboxylic acids is 2. The van der Waals surface area contributed by atoms with Gasteiger partial charge in [-0.1, -0.05) is 30.7 Å². The number of hydrogen-bond acceptors (Lipinski definition) is 4. The van der Waals surface area contributed by atoms with Crippen molar-refractivity contribution in [3.63, 3.8) is 0 Å². The van der Waals surface area contributed by atoms with Crippen molar-refractivity contribution in [2.75, 3.05) is 25.0 Å². The van der Waals surface area contributed by atoms with E-state index in [0.29, 0.717) is 29.9 Å². The van der Waals surface area contributed by atoms with Crippen LogP contribution in [-0.4, -0.2) is 44.2 Å². The summed E-state index contributed by atoms with van der Waals surface area (Å²) in [6, 6.07) is 13.7. The molecule has 0 spiro atoms. The number of hydrogen-bond donors (Lipinski definition) is 2. The Bertz CT molecular complexity index is 1000. The van der Waals surface area contributed by atoms with Gasteiger partial charge in [-0.15, -0.1) is 0 Å². The lowest BCUT2D eigenvalue weighted by atomic mass is 10.2. The number of nitrogens with one attached hydrogen (secondary N) is 2. The van der Waals surface area contributed by atoms with Crippen molar-refractivity contribution in [3.8, 4) is 0 Å². The number of rotatable bonds is 7. The number of aryl methyl sites for hydroxylation is 1. The van der Waals surface area contributed by atoms with E-state index in [4.69, 9.17) is 0 Å². The zero-order valence-corrected chi connectivity index (χ0v) is 17.9. The summed E-state index contributed by atoms with van der Waals surface area (Å²) in [4.78, 5) is 24.5. The summed E-state index contributed by atoms with van der Waals surface area (Å²) in [5, 5.41) is 5.43. The van der Waals surface area contributed by atoms with E-state index in [1.165, 1.54) is 10.4 Å². The molecule has 0 unspecified atom stereocenters. The summed E-state index contributed by atoms with van der Waals surface area (Å²) < 4.78 is 27.5. The van der Waals surface area contributed by atoms with Crippen LogP contribution in [0.3, 0.4) is 0 Å². The monoisotopic (exact) mass is 429 g/mol. The first-order chi connectivity index (χ1) is 14.4. The molecular weight excluding hydrogens is 402 g/mol. The normalized spacial score (nSPS) is 14.8. The maximum Gasteiger partial charge on any atom is 0.251 e. The SMILES string of the molecule is Cc1ccc(NC(=O)CCNC(=O)c2ccccc2)cc1S(=O)(=O)N1CCCCC1. The molecule has 30 heavy (non-hydrogen) atoms. The summed E-state index contributed by atoms with van der Waals surface area (Å²) in [5.74, 6) is -0.540. The fraction of sp³-hybridized carbons (Fsp3) is 0.364. The van der Waals surface area contributed by atoms with Crippen molar-refractivity contribution in [3.05, 3.63) is 59.7 Å². The van der Waals surface area contributed by atoms with Crippen LogP contribution in [0.5, 0.6) is 0 Å². The highest BCUT2D eigenvalue weighted by atomic mass is 32.2. The van der Waals surface area contributed by atoms with Crippen LogP contribution in [0.25, 0.3) is 0 Å². The molecule has 0 bridgehead atoms. The predicted octanol–water partition coefficient (Wildman–Crippen LogP) is 2.93. The van der Waals surface area contributed by atoms with Gasteiger partial charge in [-0.2, -0.15) is 4.31 Å². The first kappa shape index (κ1) is 22.0. The second-order valence-electron chi connectivity index (χ2n) is 7.37. The van der Waals surface area contributed by atoms with Crippen LogP contribution < -0.4 is 10.6 Å². The lowest BCUT2D eigenvalue weighted by molar-refractivity contribution is -0.116. The van der Waals surface area contributed by atoms with Crippen LogP contribution in [0.1, 0.15) is 41.6 Å². The molecular formula is C22H27N3O4S. The third kappa shape index (κ3) is 5.46. The third-order valence-corrected chi connectivity index (χ3v) is 7.12. The quantitative estimate of drug-likeness (QED) is 0.707. The Morgan fingerprint density at radius 2 is 1.70 bits per heavy atom. The number of sulfonamides is 1. The van der Waals surface area contributed by atoms with Crippen LogP contribution in [0.4, 0.5) is 5.69 Å². The molecule has 2 aromatic rings. The molecule has 1 aliphatic rings. The van der Waals surface area contributed by atoms with Gasteiger partial charge < -0.3 is 10.6 Å². The molecule has 160 valence electrons. The van der Waals surface area contributed by atoms with Crippen molar-refractivity contribution in [1.82, 2.24) is 9.62 Å². The van der Waals surface area contributed by atoms with E-state index in [2.05, 4.69) is 10.6 Å². The van der Waals surface area contributed by atoms with E-state index in [9.17, 15) is 18.0 Å². The Balaban J connectivity index is 1.59. The van der Waals surface area contributed by atoms with Gasteiger partial charge in [-0.25, -0.2) is 8.42 Å². The average molecular weight is 430 g/mol. The molecule has 0 aromatic heterocycles. The fourth-order valence-corrected chi connectivity index (χ4v) is 5.17. The van der Waals surface area contributed by atoms with Gasteiger partial charge >= 0.3 is 0 Å². The van der Waals surface area contributed by atoms with E-state index in [-0.39, 0.29) is 29.7 Å². The lowest BCUT2D eigenvalue weighted by Gasteiger charge is -2.26. The molecule has 0 saturated carbocycles. The van der Waals surface area contributed by atoms with Crippen molar-refractivity contribution >= 4 is 27.5 Å². The smallest absolute Gasteiger partial charge is 0.251 e. The molecule has 7 nitrogen and oxygen atoms in total. The maximum absolute atomic E-state index is 13.0. The topological polar surface area (TPSA) is 95.6 Å². The number of carbonyl (C=O) groups is 2. The van der Waals surface area contributed by atoms with E-state index in [0.717, 1.165) is 19.3 Å². The summed E-state index contributed by atoms with van der Waals surface area (Å²) >= 11 is 0. The standard InChI is InChI=1S/C22H27N3O4S/c1-17-10-11-19(16-20(17)30(28,29)25-14-6-3-7-15-25)24-21(26)12-13-23-22(27)18-8-4-2-5-9-18/h2,4-5,8-11,16H,3,6-7,12-15H2,1H3,(H,23,27)(H,24,26). The number of anilines is 1. The third-order valence-electron chi connectivity index (χ3n) is 5.08. The largest absolute Gasteiger partial charge is 0.352 e. The van der Waals surface area contributed by atoms with Gasteiger partial charge in [-0.05, 0) is 49.6 Å². The molecule has 2 aromatic carbocycles. The minimum atomic E-state index is -3.58. The van der Waals surface area contributed by atoms with Gasteiger partial charge in [0.15, 0.2) is 0 Å². The highest BCUT2D eigenvalue weighted by molar-refractivity contribution is 7.89. The van der Waals surface area contributed by atoms with E-state index < -0.39 is 10.0 Å². The summed E-state index contributed by atoms with van der Waals surface area (Å²) in [6.07, 6.45) is 2.86. The second kappa shape index (κ2) is 9.86. The zero-order chi connectivity index (χ0) is 21.6. The molecule has 8 heteroatoms. The van der Waals surface area contributed by atoms with Gasteiger partial charge in [0.1, 0.15) is 0 Å². The molecule has 3 rings (SSSR count). The summed E-state index contributed by atoms with van der Waals surface area (Å²) in [7, 11) is -3.58. The minimum absolute atomic E-state index is 0.0840. The number of nitrogens with zero attached hydrogens (tertiary/aromatic N) is 1. The van der Waals surface area contributed by atoms with Gasteiger partial charge in [0.05, 0.1) is 4.90 Å². The summed E-state index contributed by atoms with van der Waals surface area (Å²) in [6.45, 7) is 2.99. The molecule has 0 radical (unpaired) electrons. The fourth-order valence-electron chi connectivity index (χ4n) is 3.40. The highest BCUT2D eigenvalue weighted by Gasteiger charge is 2.27. The number of piperidine rings is 1. The van der Waals surface area contributed by atoms with Crippen LogP contribution in [0.2, 0.25) is 0 Å². The van der Waals surface area contributed by atoms with Crippen LogP contribution >= 0.6 is 0 Å². The summed E-state index contributed by atoms with van der Waals surface area (Å²) in [5.41, 5.74) is 1.60. The van der Waals surface area contributed by atoms with Crippen molar-refractivity contribution in [1.29, 1.82) is 0 Å². The first-order valence-corrected chi connectivity index (χ1v) is 11.6. The van der Waals surface area contributed by atoms with Gasteiger partial charge in [-0.3, -0.25) is 9.59 Å². The molecule has 1 heterocycles. The molecule has 0 atom stereocenters. The van der Waals surface area contributed by atoms with Crippen LogP contribution in [-0.2, 0) is 14.8 Å². The molecule has 0 aliphatic carbocycles. The molecule has 1 saturated heterocycles. The van der Waals surface area contributed by atoms with Crippen LogP contribution in [0.15, 0.2) is 53.4 Å². The van der Waals surface area contributed by atoms with Crippen molar-refractivity contribution in [2.24, 2.45) is 0 Å². The van der Waals surface area contributed by atoms with Crippen molar-refractivity contribution in [2.45, 2.75) is 37.5 Å². The lowest BCUT2D eigenvalue weighted by Crippen LogP contribution is -2.36. The second-order valence-corrected chi connectivity index (χ2v) is 9.27. The molecule has 1 fully saturated rings. The molecule has 2 N–H and O–H groups in total. The Morgan fingerprint density at radius 1 is 1.00 bits per heavy atom. The maximum atomic E-state index is 13.0. The van der Waals surface area contributed by atoms with Crippen molar-refractivity contribution < 1.29 is 18.0 Å². The first-order valence-electron chi connectivity index (χ1n) is 10.1. The van der Waals surface area contributed by atoms with Gasteiger partial charge in [0, 0.05) is 37.3 Å². The van der Waals surface area contributed by atoms with Gasteiger partial charge in [0.2, 0.25) is 15.9 Å². The highest BCUT2D eigenvalue weighted by Crippen LogP contribution is 2.26. The number of amides is 2. The van der Waals surface area contributed by atoms with E-state index in [1.54, 1.807) is 43.3 Å². The molecule has 2 amide bonds. The Labute approximate surface area is 177 Å². The van der Waals surface area contributed by atoms with E-state index >= 15 is 0 Å². The predicted molar refractivity (Wildman–Crippen MR) is 116 cm³/mol.